The van der Waals surface area contributed by atoms with Gasteiger partial charge >= 0.3 is 12.1 Å². The van der Waals surface area contributed by atoms with Crippen LogP contribution in [0.15, 0.2) is 18.2 Å². The minimum absolute atomic E-state index is 0.0631. The van der Waals surface area contributed by atoms with Crippen LogP contribution in [0.2, 0.25) is 0 Å². The minimum atomic E-state index is -1.22. The highest BCUT2D eigenvalue weighted by Gasteiger charge is 2.44. The first-order valence-electron chi connectivity index (χ1n) is 7.79. The summed E-state index contributed by atoms with van der Waals surface area (Å²) in [5.41, 5.74) is -1.23. The maximum absolute atomic E-state index is 12.1. The number of nitrogens with one attached hydrogen (secondary N) is 1. The van der Waals surface area contributed by atoms with E-state index in [0.29, 0.717) is 24.5 Å². The van der Waals surface area contributed by atoms with Crippen LogP contribution in [0, 0.1) is 0 Å². The normalized spacial score (nSPS) is 17.1. The Bertz CT molecular complexity index is 628. The Hall–Kier alpha value is -2.28. The van der Waals surface area contributed by atoms with Gasteiger partial charge in [-0.05, 0) is 57.4 Å². The van der Waals surface area contributed by atoms with Crippen molar-refractivity contribution in [2.45, 2.75) is 44.6 Å². The average molecular weight is 337 g/mol. The Morgan fingerprint density at radius 3 is 2.42 bits per heavy atom. The number of phenols is 1. The molecular formula is C17H23NO6. The molecule has 0 atom stereocenters. The largest absolute Gasteiger partial charge is 0.508 e. The fourth-order valence-corrected chi connectivity index (χ4v) is 2.77. The molecule has 0 bridgehead atoms. The highest BCUT2D eigenvalue weighted by Crippen LogP contribution is 2.40. The smallest absolute Gasteiger partial charge is 0.412 e. The van der Waals surface area contributed by atoms with E-state index in [0.717, 1.165) is 0 Å². The maximum atomic E-state index is 12.1. The van der Waals surface area contributed by atoms with Gasteiger partial charge in [0, 0.05) is 18.9 Å². The molecule has 1 heterocycles. The highest BCUT2D eigenvalue weighted by molar-refractivity contribution is 5.90. The predicted molar refractivity (Wildman–Crippen MR) is 87.3 cm³/mol. The number of carbonyl (C=O) groups is 2. The lowest BCUT2D eigenvalue weighted by Gasteiger charge is -2.35. The van der Waals surface area contributed by atoms with Gasteiger partial charge in [-0.15, -0.1) is 0 Å². The molecule has 0 aliphatic carbocycles. The molecule has 1 fully saturated rings. The summed E-state index contributed by atoms with van der Waals surface area (Å²) in [5.74, 6) is -1.07. The maximum Gasteiger partial charge on any atom is 0.412 e. The molecule has 1 aromatic rings. The number of rotatable bonds is 3. The summed E-state index contributed by atoms with van der Waals surface area (Å²) >= 11 is 0. The zero-order valence-electron chi connectivity index (χ0n) is 14.1. The third-order valence-electron chi connectivity index (χ3n) is 3.91. The summed E-state index contributed by atoms with van der Waals surface area (Å²) < 4.78 is 10.5. The van der Waals surface area contributed by atoms with Crippen molar-refractivity contribution in [2.24, 2.45) is 0 Å². The van der Waals surface area contributed by atoms with Gasteiger partial charge in [0.25, 0.3) is 0 Å². The standard InChI is InChI=1S/C17H23NO6/c1-16(2,3)24-15(22)18-13-5-4-11(19)10-12(13)17(14(20)21)6-8-23-9-7-17/h4-5,10,19H,6-9H2,1-3H3,(H,18,22)(H,20,21). The number of hydrogen-bond acceptors (Lipinski definition) is 5. The SMILES string of the molecule is CC(C)(C)OC(=O)Nc1ccc(O)cc1C1(C(=O)O)CCOCC1. The lowest BCUT2D eigenvalue weighted by molar-refractivity contribution is -0.147. The molecule has 0 spiro atoms. The Balaban J connectivity index is 2.40. The summed E-state index contributed by atoms with van der Waals surface area (Å²) in [6.45, 7) is 5.81. The molecule has 1 aliphatic heterocycles. The average Bonchev–Trinajstić information content (AvgIpc) is 2.47. The van der Waals surface area contributed by atoms with Gasteiger partial charge in [0.05, 0.1) is 5.41 Å². The molecule has 1 aromatic carbocycles. The lowest BCUT2D eigenvalue weighted by Crippen LogP contribution is -2.42. The second-order valence-corrected chi connectivity index (χ2v) is 6.86. The number of carboxylic acid groups (broad SMARTS) is 1. The molecular weight excluding hydrogens is 314 g/mol. The van der Waals surface area contributed by atoms with Gasteiger partial charge in [0.15, 0.2) is 0 Å². The van der Waals surface area contributed by atoms with E-state index >= 15 is 0 Å². The van der Waals surface area contributed by atoms with Crippen molar-refractivity contribution < 1.29 is 29.3 Å². The summed E-state index contributed by atoms with van der Waals surface area (Å²) in [7, 11) is 0. The number of benzene rings is 1. The fraction of sp³-hybridized carbons (Fsp3) is 0.529. The van der Waals surface area contributed by atoms with Crippen molar-refractivity contribution in [3.8, 4) is 5.75 Å². The van der Waals surface area contributed by atoms with Crippen molar-refractivity contribution >= 4 is 17.7 Å². The van der Waals surface area contributed by atoms with Gasteiger partial charge in [0.1, 0.15) is 11.4 Å². The fourth-order valence-electron chi connectivity index (χ4n) is 2.77. The number of amides is 1. The molecule has 3 N–H and O–H groups in total. The van der Waals surface area contributed by atoms with Crippen LogP contribution in [0.4, 0.5) is 10.5 Å². The molecule has 0 aromatic heterocycles. The van der Waals surface area contributed by atoms with Gasteiger partial charge in [0.2, 0.25) is 0 Å². The number of hydrogen-bond donors (Lipinski definition) is 3. The third kappa shape index (κ3) is 3.97. The molecule has 132 valence electrons. The minimum Gasteiger partial charge on any atom is -0.508 e. The van der Waals surface area contributed by atoms with Crippen molar-refractivity contribution in [1.29, 1.82) is 0 Å². The van der Waals surface area contributed by atoms with Crippen LogP contribution >= 0.6 is 0 Å². The first-order chi connectivity index (χ1) is 11.1. The van der Waals surface area contributed by atoms with Gasteiger partial charge in [-0.1, -0.05) is 0 Å². The summed E-state index contributed by atoms with van der Waals surface area (Å²) in [4.78, 5) is 24.0. The number of anilines is 1. The topological polar surface area (TPSA) is 105 Å². The van der Waals surface area contributed by atoms with E-state index in [1.54, 1.807) is 20.8 Å². The van der Waals surface area contributed by atoms with Crippen molar-refractivity contribution in [1.82, 2.24) is 0 Å². The number of ether oxygens (including phenoxy) is 2. The molecule has 7 nitrogen and oxygen atoms in total. The van der Waals surface area contributed by atoms with E-state index in [-0.39, 0.29) is 18.6 Å². The first-order valence-corrected chi connectivity index (χ1v) is 7.79. The van der Waals surface area contributed by atoms with E-state index in [1.165, 1.54) is 18.2 Å². The van der Waals surface area contributed by atoms with E-state index in [1.807, 2.05) is 0 Å². The van der Waals surface area contributed by atoms with Crippen LogP contribution in [0.5, 0.6) is 5.75 Å². The summed E-state index contributed by atoms with van der Waals surface area (Å²) in [6.07, 6.45) is -0.161. The number of carbonyl (C=O) groups excluding carboxylic acids is 1. The molecule has 1 amide bonds. The lowest BCUT2D eigenvalue weighted by atomic mass is 9.73. The molecule has 0 radical (unpaired) electrons. The summed E-state index contributed by atoms with van der Waals surface area (Å²) in [6, 6.07) is 4.26. The predicted octanol–water partition coefficient (Wildman–Crippen LogP) is 2.87. The Morgan fingerprint density at radius 2 is 1.88 bits per heavy atom. The van der Waals surface area contributed by atoms with Crippen LogP contribution < -0.4 is 5.32 Å². The van der Waals surface area contributed by atoms with Crippen molar-refractivity contribution in [3.63, 3.8) is 0 Å². The van der Waals surface area contributed by atoms with Crippen molar-refractivity contribution in [2.75, 3.05) is 18.5 Å². The Labute approximate surface area is 140 Å². The molecule has 0 saturated carbocycles. The monoisotopic (exact) mass is 337 g/mol. The number of aromatic hydroxyl groups is 1. The number of phenolic OH excluding ortho intramolecular Hbond substituents is 1. The molecule has 1 saturated heterocycles. The first kappa shape index (κ1) is 18.1. The molecule has 7 heteroatoms. The van der Waals surface area contributed by atoms with E-state index in [2.05, 4.69) is 5.32 Å². The van der Waals surface area contributed by atoms with Gasteiger partial charge in [-0.25, -0.2) is 4.79 Å². The Morgan fingerprint density at radius 1 is 1.25 bits per heavy atom. The van der Waals surface area contributed by atoms with Gasteiger partial charge < -0.3 is 19.7 Å². The van der Waals surface area contributed by atoms with Gasteiger partial charge in [-0.3, -0.25) is 10.1 Å². The number of aliphatic carboxylic acids is 1. The van der Waals surface area contributed by atoms with E-state index in [9.17, 15) is 19.8 Å². The quantitative estimate of drug-likeness (QED) is 0.733. The van der Waals surface area contributed by atoms with Crippen molar-refractivity contribution in [3.05, 3.63) is 23.8 Å². The zero-order valence-corrected chi connectivity index (χ0v) is 14.1. The van der Waals surface area contributed by atoms with Crippen LogP contribution in [0.1, 0.15) is 39.2 Å². The third-order valence-corrected chi connectivity index (χ3v) is 3.91. The molecule has 24 heavy (non-hydrogen) atoms. The summed E-state index contributed by atoms with van der Waals surface area (Å²) in [5, 5.41) is 22.2. The van der Waals surface area contributed by atoms with E-state index < -0.39 is 23.1 Å². The van der Waals surface area contributed by atoms with Gasteiger partial charge in [-0.2, -0.15) is 0 Å². The van der Waals surface area contributed by atoms with Crippen LogP contribution in [-0.2, 0) is 19.7 Å². The Kier molecular flexibility index (Phi) is 5.03. The molecule has 2 rings (SSSR count). The second kappa shape index (κ2) is 6.68. The highest BCUT2D eigenvalue weighted by atomic mass is 16.6. The molecule has 0 unspecified atom stereocenters. The van der Waals surface area contributed by atoms with Crippen LogP contribution in [0.25, 0.3) is 0 Å². The molecule has 1 aliphatic rings. The zero-order chi connectivity index (χ0) is 18.0. The number of carboxylic acids is 1. The van der Waals surface area contributed by atoms with E-state index in [4.69, 9.17) is 9.47 Å². The van der Waals surface area contributed by atoms with Crippen LogP contribution in [-0.4, -0.2) is 41.1 Å². The van der Waals surface area contributed by atoms with Crippen LogP contribution in [0.3, 0.4) is 0 Å². The second-order valence-electron chi connectivity index (χ2n) is 6.86.